The van der Waals surface area contributed by atoms with Crippen LogP contribution in [0.2, 0.25) is 0 Å². The molecule has 0 aliphatic heterocycles. The molecular formula is C43H55NO14. The maximum Gasteiger partial charge on any atom is 0 e. The van der Waals surface area contributed by atoms with E-state index in [1.54, 1.807) is 6.92 Å². The summed E-state index contributed by atoms with van der Waals surface area (Å²) in [6.45, 7) is 1.69. The Morgan fingerprint density at radius 2 is 0.483 bits per heavy atom. The Morgan fingerprint density at radius 1 is 0.293 bits per heavy atom. The molecule has 58 heavy (non-hydrogen) atoms. The summed E-state index contributed by atoms with van der Waals surface area (Å²) < 4.78 is 0. The standard InChI is InChI=1S/C43H4.H3NO14.24H2/c1-3-5-7-9-11-13-15-17-19-21-23-25-27-29-31-33-35-37-39-41-43-42-40-38-36-34-32-30-28-26-24-22-20-18-16-14-12-10-8-6-4-2;2-6-10-14-12-8-4-1-5-9-13-15-11-7-3;;;;;;;;;;;;;;;;;;;;;;;;/h1H,2H3;1-3H;24*1H. The van der Waals surface area contributed by atoms with Gasteiger partial charge in [-0.3, -0.25) is 0 Å². The molecule has 0 aromatic carbocycles. The summed E-state index contributed by atoms with van der Waals surface area (Å²) in [5.74, 6) is 102. The fourth-order valence-electron chi connectivity index (χ4n) is 1.39. The molecule has 0 saturated carbocycles. The van der Waals surface area contributed by atoms with Crippen LogP contribution in [0.25, 0.3) is 0 Å². The monoisotopic (exact) mass is 809 g/mol. The van der Waals surface area contributed by atoms with Crippen molar-refractivity contribution in [1.29, 1.82) is 0 Å². The van der Waals surface area contributed by atoms with Gasteiger partial charge in [0.15, 0.2) is 0 Å². The van der Waals surface area contributed by atoms with E-state index in [9.17, 15) is 0 Å². The molecule has 316 valence electrons. The topological polar surface area (TPSA) is 163 Å². The molecule has 15 heteroatoms. The second-order valence-corrected chi connectivity index (χ2v) is 6.21. The van der Waals surface area contributed by atoms with Gasteiger partial charge in [-0.2, -0.15) is 0 Å². The number of terminal acetylenes is 1. The Balaban J connectivity index is -0.0000000300. The first-order chi connectivity index (χ1) is 28.8. The highest BCUT2D eigenvalue weighted by atomic mass is 17.9. The quantitative estimate of drug-likeness (QED) is 0.101. The van der Waals surface area contributed by atoms with Crippen LogP contribution in [0.15, 0.2) is 0 Å². The van der Waals surface area contributed by atoms with Gasteiger partial charge >= 0.3 is 0 Å². The average molecular weight is 810 g/mol. The Morgan fingerprint density at radius 3 is 0.672 bits per heavy atom. The van der Waals surface area contributed by atoms with Gasteiger partial charge in [0.05, 0.1) is 0 Å². The number of hydrogen-bond donors (Lipinski definition) is 3. The van der Waals surface area contributed by atoms with E-state index >= 15 is 0 Å². The molecule has 0 fully saturated rings. The second-order valence-electron chi connectivity index (χ2n) is 6.21. The summed E-state index contributed by atoms with van der Waals surface area (Å²) in [5, 5.41) is 47.8. The van der Waals surface area contributed by atoms with Crippen LogP contribution in [0, 0.1) is 249 Å². The minimum Gasteiger partial charge on any atom is -0.219 e. The van der Waals surface area contributed by atoms with E-state index in [0.717, 1.165) is 0 Å². The first-order valence-electron chi connectivity index (χ1n) is 13.2. The molecular weight excluding hydrogens is 754 g/mol. The summed E-state index contributed by atoms with van der Waals surface area (Å²) in [7, 11) is 0. The number of hydrogen-bond acceptors (Lipinski definition) is 15. The molecule has 0 atom stereocenters. The van der Waals surface area contributed by atoms with Gasteiger partial charge in [-0.15, -0.1) is 6.42 Å². The van der Waals surface area contributed by atoms with Crippen LogP contribution in [-0.2, 0) is 60.4 Å². The van der Waals surface area contributed by atoms with Gasteiger partial charge < -0.3 is 0 Å². The molecule has 3 N–H and O–H groups in total. The lowest BCUT2D eigenvalue weighted by Crippen LogP contribution is -2.17. The molecule has 0 rings (SSSR count). The van der Waals surface area contributed by atoms with Gasteiger partial charge in [0.25, 0.3) is 0 Å². The van der Waals surface area contributed by atoms with Crippen molar-refractivity contribution < 1.29 is 105 Å². The second kappa shape index (κ2) is 51.5. The number of nitrogens with one attached hydrogen (secondary N) is 1. The van der Waals surface area contributed by atoms with Crippen molar-refractivity contribution in [2.75, 3.05) is 0 Å². The predicted octanol–water partition coefficient (Wildman–Crippen LogP) is 5.31. The molecule has 15 nitrogen and oxygen atoms in total. The SMILES string of the molecule is C#CC#CC#CC#CC#CC#CC#CC#CC#CC#CC#CC#CC#CC#CC#CC#CC#CC#CC#CC#CC#CC.OOOOOOONOOOOOOO.[HH].[HH].[HH].[HH].[HH].[HH].[HH].[HH].[HH].[HH].[HH].[HH].[HH].[HH].[HH].[HH].[HH].[HH].[HH].[HH].[HH].[HH].[HH].[HH]. The van der Waals surface area contributed by atoms with E-state index in [0.29, 0.717) is 0 Å². The van der Waals surface area contributed by atoms with Crippen LogP contribution >= 0.6 is 0 Å². The van der Waals surface area contributed by atoms with E-state index in [-0.39, 0.29) is 34.2 Å². The molecule has 0 aromatic heterocycles. The number of rotatable bonds is 12. The van der Waals surface area contributed by atoms with Crippen LogP contribution in [-0.4, -0.2) is 10.5 Å². The normalized spacial score (nSPS) is 5.69. The van der Waals surface area contributed by atoms with Crippen molar-refractivity contribution >= 4 is 0 Å². The van der Waals surface area contributed by atoms with E-state index < -0.39 is 0 Å². The third kappa shape index (κ3) is 53.0. The molecule has 0 saturated heterocycles. The third-order valence-corrected chi connectivity index (χ3v) is 2.94. The summed E-state index contributed by atoms with van der Waals surface area (Å²) in [4.78, 5) is 7.34. The van der Waals surface area contributed by atoms with Crippen LogP contribution in [0.1, 0.15) is 41.2 Å². The Labute approximate surface area is 367 Å². The molecule has 0 aromatic rings. The van der Waals surface area contributed by atoms with Crippen molar-refractivity contribution in [3.8, 4) is 249 Å². The fourth-order valence-corrected chi connectivity index (χ4v) is 1.39. The molecule has 0 aliphatic carbocycles. The van der Waals surface area contributed by atoms with Crippen LogP contribution in [0.3, 0.4) is 0 Å². The largest absolute Gasteiger partial charge is 0.219 e. The zero-order chi connectivity index (χ0) is 42.2. The fraction of sp³-hybridized carbons (Fsp3) is 0.0233. The Kier molecular flexibility index (Phi) is 44.7. The molecule has 0 heterocycles. The minimum absolute atomic E-state index is 0. The highest BCUT2D eigenvalue weighted by Crippen LogP contribution is 1.85. The van der Waals surface area contributed by atoms with E-state index in [2.05, 4.69) is 303 Å². The molecule has 0 unspecified atom stereocenters. The minimum atomic E-state index is 0. The average Bonchev–Trinajstić information content (AvgIpc) is 3.24. The molecule has 0 amide bonds. The van der Waals surface area contributed by atoms with E-state index in [1.807, 2.05) is 0 Å². The molecule has 0 bridgehead atoms. The Hall–Kier alpha value is -9.84. The van der Waals surface area contributed by atoms with Crippen molar-refractivity contribution in [2.45, 2.75) is 6.92 Å². The first-order valence-corrected chi connectivity index (χ1v) is 13.2. The van der Waals surface area contributed by atoms with E-state index in [1.165, 1.54) is 5.64 Å². The van der Waals surface area contributed by atoms with Crippen LogP contribution < -0.4 is 5.64 Å². The van der Waals surface area contributed by atoms with Crippen molar-refractivity contribution in [3.05, 3.63) is 0 Å². The van der Waals surface area contributed by atoms with Crippen molar-refractivity contribution in [1.82, 2.24) is 5.64 Å². The zero-order valence-electron chi connectivity index (χ0n) is 28.4. The molecule has 0 radical (unpaired) electrons. The molecule has 0 spiro atoms. The van der Waals surface area contributed by atoms with Gasteiger partial charge in [-0.25, -0.2) is 10.5 Å². The summed E-state index contributed by atoms with van der Waals surface area (Å²) in [6.07, 6.45) is 4.93. The molecule has 0 aliphatic rings. The van der Waals surface area contributed by atoms with Gasteiger partial charge in [0.2, 0.25) is 0 Å². The summed E-state index contributed by atoms with van der Waals surface area (Å²) >= 11 is 0. The van der Waals surface area contributed by atoms with Crippen LogP contribution in [0.5, 0.6) is 0 Å². The first kappa shape index (κ1) is 50.3. The van der Waals surface area contributed by atoms with E-state index in [4.69, 9.17) is 16.9 Å². The summed E-state index contributed by atoms with van der Waals surface area (Å²) in [6, 6.07) is 0. The Bertz CT molecular complexity index is 2860. The lowest BCUT2D eigenvalue weighted by atomic mass is 10.4. The van der Waals surface area contributed by atoms with Crippen molar-refractivity contribution in [3.63, 3.8) is 0 Å². The van der Waals surface area contributed by atoms with Crippen LogP contribution in [0.4, 0.5) is 0 Å². The van der Waals surface area contributed by atoms with Gasteiger partial charge in [0.1, 0.15) is 0 Å². The van der Waals surface area contributed by atoms with Gasteiger partial charge in [-0.05, 0) is 158 Å². The predicted molar refractivity (Wildman–Crippen MR) is 242 cm³/mol. The van der Waals surface area contributed by atoms with Gasteiger partial charge in [-0.1, -0.05) is 15.9 Å². The highest BCUT2D eigenvalue weighted by Gasteiger charge is 1.95. The van der Waals surface area contributed by atoms with Crippen molar-refractivity contribution in [2.24, 2.45) is 0 Å². The zero-order valence-corrected chi connectivity index (χ0v) is 28.4. The lowest BCUT2D eigenvalue weighted by Gasteiger charge is -1.99. The highest BCUT2D eigenvalue weighted by molar-refractivity contribution is 5.50. The third-order valence-electron chi connectivity index (χ3n) is 2.94. The maximum atomic E-state index is 7.46. The van der Waals surface area contributed by atoms with Gasteiger partial charge in [0, 0.05) is 176 Å². The summed E-state index contributed by atoms with van der Waals surface area (Å²) in [5.41, 5.74) is 1.37. The maximum absolute atomic E-state index is 7.46. The smallest absolute Gasteiger partial charge is 0 e. The lowest BCUT2D eigenvalue weighted by molar-refractivity contribution is -0.816.